The second kappa shape index (κ2) is 11.4. The van der Waals surface area contributed by atoms with E-state index < -0.39 is 17.8 Å². The van der Waals surface area contributed by atoms with Crippen LogP contribution in [-0.4, -0.2) is 32.1 Å². The molecule has 2 amide bonds. The molecule has 0 saturated heterocycles. The summed E-state index contributed by atoms with van der Waals surface area (Å²) in [6.07, 6.45) is 3.89. The lowest BCUT2D eigenvalue weighted by Gasteiger charge is -2.33. The van der Waals surface area contributed by atoms with Crippen molar-refractivity contribution in [3.63, 3.8) is 0 Å². The van der Waals surface area contributed by atoms with Crippen molar-refractivity contribution in [1.29, 1.82) is 0 Å². The van der Waals surface area contributed by atoms with Gasteiger partial charge in [0.15, 0.2) is 11.5 Å². The van der Waals surface area contributed by atoms with Gasteiger partial charge in [-0.05, 0) is 42.5 Å². The number of halogens is 1. The number of hydrogen-bond donors (Lipinski definition) is 1. The summed E-state index contributed by atoms with van der Waals surface area (Å²) in [5.41, 5.74) is 0.552. The molecule has 0 aliphatic heterocycles. The molecule has 3 aromatic rings. The van der Waals surface area contributed by atoms with Gasteiger partial charge in [0.25, 0.3) is 0 Å². The number of carbonyl (C=O) groups excluding carboxylic acids is 2. The van der Waals surface area contributed by atoms with E-state index in [1.807, 2.05) is 17.5 Å². The average molecular weight is 497 g/mol. The Morgan fingerprint density at radius 2 is 1.80 bits per heavy atom. The lowest BCUT2D eigenvalue weighted by Crippen LogP contribution is -2.47. The second-order valence-electron chi connectivity index (χ2n) is 8.47. The van der Waals surface area contributed by atoms with Gasteiger partial charge in [-0.3, -0.25) is 14.5 Å². The van der Waals surface area contributed by atoms with Crippen LogP contribution in [-0.2, 0) is 16.0 Å². The Morgan fingerprint density at radius 1 is 1.06 bits per heavy atom. The molecule has 1 N–H and O–H groups in total. The summed E-state index contributed by atoms with van der Waals surface area (Å²) in [5, 5.41) is 4.96. The van der Waals surface area contributed by atoms with E-state index in [1.54, 1.807) is 36.4 Å². The van der Waals surface area contributed by atoms with E-state index in [1.165, 1.54) is 36.5 Å². The maximum atomic E-state index is 15.1. The molecular weight excluding hydrogens is 467 g/mol. The standard InChI is InChI=1S/C27H29FN2O4S/c1-33-23-14-13-19(16-24(23)34-2)30(25(31)17-20-10-7-15-35-20)26(21-11-5-6-12-22(21)28)27(32)29-18-8-3-4-9-18/h5-7,10-16,18,26H,3-4,8-9,17H2,1-2H3,(H,29,32). The molecule has 1 unspecified atom stereocenters. The van der Waals surface area contributed by atoms with Crippen LogP contribution in [0.2, 0.25) is 0 Å². The Kier molecular flexibility index (Phi) is 8.02. The highest BCUT2D eigenvalue weighted by atomic mass is 32.1. The molecule has 184 valence electrons. The van der Waals surface area contributed by atoms with Gasteiger partial charge in [0.1, 0.15) is 11.9 Å². The summed E-state index contributed by atoms with van der Waals surface area (Å²) in [4.78, 5) is 29.7. The van der Waals surface area contributed by atoms with Crippen molar-refractivity contribution >= 4 is 28.8 Å². The van der Waals surface area contributed by atoms with E-state index in [2.05, 4.69) is 5.32 Å². The van der Waals surface area contributed by atoms with Crippen LogP contribution in [0.15, 0.2) is 60.0 Å². The molecular formula is C27H29FN2O4S. The van der Waals surface area contributed by atoms with Crippen molar-refractivity contribution in [2.24, 2.45) is 0 Å². The smallest absolute Gasteiger partial charge is 0.248 e. The maximum absolute atomic E-state index is 15.1. The lowest BCUT2D eigenvalue weighted by atomic mass is 10.0. The highest BCUT2D eigenvalue weighted by Gasteiger charge is 2.36. The number of hydrogen-bond acceptors (Lipinski definition) is 5. The third-order valence-corrected chi connectivity index (χ3v) is 7.10. The molecule has 1 aliphatic rings. The van der Waals surface area contributed by atoms with Crippen LogP contribution in [0.3, 0.4) is 0 Å². The molecule has 6 nitrogen and oxygen atoms in total. The molecule has 1 saturated carbocycles. The van der Waals surface area contributed by atoms with E-state index in [0.29, 0.717) is 17.2 Å². The number of carbonyl (C=O) groups is 2. The van der Waals surface area contributed by atoms with Crippen molar-refractivity contribution in [3.8, 4) is 11.5 Å². The molecule has 0 radical (unpaired) electrons. The molecule has 1 atom stereocenters. The van der Waals surface area contributed by atoms with E-state index in [9.17, 15) is 9.59 Å². The summed E-state index contributed by atoms with van der Waals surface area (Å²) in [5.74, 6) is -0.388. The number of thiophene rings is 1. The third-order valence-electron chi connectivity index (χ3n) is 6.23. The van der Waals surface area contributed by atoms with Gasteiger partial charge in [-0.15, -0.1) is 11.3 Å². The fourth-order valence-corrected chi connectivity index (χ4v) is 5.20. The zero-order valence-electron chi connectivity index (χ0n) is 19.8. The molecule has 0 bridgehead atoms. The summed E-state index contributed by atoms with van der Waals surface area (Å²) in [6.45, 7) is 0. The number of anilines is 1. The monoisotopic (exact) mass is 496 g/mol. The number of methoxy groups -OCH3 is 2. The summed E-state index contributed by atoms with van der Waals surface area (Å²) in [7, 11) is 3.02. The van der Waals surface area contributed by atoms with Crippen molar-refractivity contribution in [2.75, 3.05) is 19.1 Å². The van der Waals surface area contributed by atoms with Crippen LogP contribution in [0.1, 0.15) is 42.2 Å². The highest BCUT2D eigenvalue weighted by Crippen LogP contribution is 2.37. The van der Waals surface area contributed by atoms with Crippen LogP contribution in [0.4, 0.5) is 10.1 Å². The minimum Gasteiger partial charge on any atom is -0.493 e. The Labute approximate surface area is 208 Å². The summed E-state index contributed by atoms with van der Waals surface area (Å²) in [6, 6.07) is 13.7. The van der Waals surface area contributed by atoms with Gasteiger partial charge in [0.2, 0.25) is 11.8 Å². The van der Waals surface area contributed by atoms with Gasteiger partial charge >= 0.3 is 0 Å². The van der Waals surface area contributed by atoms with Crippen LogP contribution in [0.5, 0.6) is 11.5 Å². The number of benzene rings is 2. The maximum Gasteiger partial charge on any atom is 0.248 e. The van der Waals surface area contributed by atoms with Crippen LogP contribution < -0.4 is 19.7 Å². The Morgan fingerprint density at radius 3 is 2.46 bits per heavy atom. The van der Waals surface area contributed by atoms with Gasteiger partial charge in [-0.2, -0.15) is 0 Å². The van der Waals surface area contributed by atoms with Gasteiger partial charge in [0.05, 0.1) is 20.6 Å². The van der Waals surface area contributed by atoms with Crippen molar-refractivity contribution in [2.45, 2.75) is 44.2 Å². The highest BCUT2D eigenvalue weighted by molar-refractivity contribution is 7.10. The number of nitrogens with one attached hydrogen (secondary N) is 1. The molecule has 8 heteroatoms. The molecule has 4 rings (SSSR count). The van der Waals surface area contributed by atoms with Gasteiger partial charge < -0.3 is 14.8 Å². The van der Waals surface area contributed by atoms with Crippen molar-refractivity contribution in [1.82, 2.24) is 5.32 Å². The number of ether oxygens (including phenoxy) is 2. The largest absolute Gasteiger partial charge is 0.493 e. The first-order valence-corrected chi connectivity index (χ1v) is 12.5. The Bertz CT molecular complexity index is 1160. The van der Waals surface area contributed by atoms with Gasteiger partial charge in [0, 0.05) is 28.2 Å². The van der Waals surface area contributed by atoms with E-state index in [-0.39, 0.29) is 23.9 Å². The quantitative estimate of drug-likeness (QED) is 0.438. The molecule has 1 aromatic heterocycles. The third kappa shape index (κ3) is 5.65. The molecule has 0 spiro atoms. The van der Waals surface area contributed by atoms with E-state index in [0.717, 1.165) is 30.6 Å². The van der Waals surface area contributed by atoms with Crippen LogP contribution in [0.25, 0.3) is 0 Å². The van der Waals surface area contributed by atoms with Crippen molar-refractivity contribution < 1.29 is 23.5 Å². The lowest BCUT2D eigenvalue weighted by molar-refractivity contribution is -0.127. The van der Waals surface area contributed by atoms with E-state index >= 15 is 4.39 Å². The summed E-state index contributed by atoms with van der Waals surface area (Å²) < 4.78 is 25.9. The minimum atomic E-state index is -1.19. The molecule has 2 aromatic carbocycles. The average Bonchev–Trinajstić information content (AvgIpc) is 3.57. The second-order valence-corrected chi connectivity index (χ2v) is 9.51. The van der Waals surface area contributed by atoms with Gasteiger partial charge in [-0.1, -0.05) is 37.1 Å². The zero-order valence-corrected chi connectivity index (χ0v) is 20.6. The predicted octanol–water partition coefficient (Wildman–Crippen LogP) is 5.28. The SMILES string of the molecule is COc1ccc(N(C(=O)Cc2cccs2)C(C(=O)NC2CCCC2)c2ccccc2F)cc1OC. The van der Waals surface area contributed by atoms with Gasteiger partial charge in [-0.25, -0.2) is 4.39 Å². The Balaban J connectivity index is 1.82. The molecule has 1 fully saturated rings. The first-order valence-electron chi connectivity index (χ1n) is 11.6. The fraction of sp³-hybridized carbons (Fsp3) is 0.333. The molecule has 1 heterocycles. The predicted molar refractivity (Wildman–Crippen MR) is 135 cm³/mol. The van der Waals surface area contributed by atoms with Crippen molar-refractivity contribution in [3.05, 3.63) is 76.2 Å². The molecule has 35 heavy (non-hydrogen) atoms. The number of amides is 2. The number of rotatable bonds is 9. The first-order chi connectivity index (χ1) is 17.0. The number of nitrogens with zero attached hydrogens (tertiary/aromatic N) is 1. The first kappa shape index (κ1) is 24.7. The normalized spacial score (nSPS) is 14.4. The summed E-state index contributed by atoms with van der Waals surface area (Å²) >= 11 is 1.46. The molecule has 1 aliphatic carbocycles. The van der Waals surface area contributed by atoms with Crippen LogP contribution in [0, 0.1) is 5.82 Å². The topological polar surface area (TPSA) is 67.9 Å². The zero-order chi connectivity index (χ0) is 24.8. The van der Waals surface area contributed by atoms with E-state index in [4.69, 9.17) is 9.47 Å². The fourth-order valence-electron chi connectivity index (χ4n) is 4.50. The Hall–Kier alpha value is -3.39. The minimum absolute atomic E-state index is 0.0106. The van der Waals surface area contributed by atoms with Crippen LogP contribution >= 0.6 is 11.3 Å².